The van der Waals surface area contributed by atoms with Crippen molar-refractivity contribution >= 4 is 16.9 Å². The Hall–Kier alpha value is -1.68. The number of nitrogen functional groups attached to an aromatic ring is 1. The van der Waals surface area contributed by atoms with Crippen molar-refractivity contribution in [2.45, 2.75) is 6.92 Å². The number of hydrazine groups is 1. The summed E-state index contributed by atoms with van der Waals surface area (Å²) in [5, 5.41) is 1.03. The topological polar surface area (TPSA) is 63.8 Å². The first-order chi connectivity index (χ1) is 6.29. The number of nitrogens with two attached hydrogens (primary N) is 1. The molecule has 0 saturated carbocycles. The maximum Gasteiger partial charge on any atom is 0.237 e. The first-order valence-corrected chi connectivity index (χ1v) is 3.99. The lowest BCUT2D eigenvalue weighted by Gasteiger charge is -2.00. The van der Waals surface area contributed by atoms with Gasteiger partial charge in [-0.15, -0.1) is 0 Å². The van der Waals surface area contributed by atoms with Gasteiger partial charge in [0.15, 0.2) is 0 Å². The van der Waals surface area contributed by atoms with Crippen LogP contribution in [0.1, 0.15) is 5.56 Å². The van der Waals surface area contributed by atoms with E-state index < -0.39 is 0 Å². The summed E-state index contributed by atoms with van der Waals surface area (Å²) in [6.45, 7) is 2.04. The average Bonchev–Trinajstić information content (AvgIpc) is 2.17. The van der Waals surface area contributed by atoms with Crippen molar-refractivity contribution in [3.8, 4) is 0 Å². The van der Waals surface area contributed by atoms with E-state index in [9.17, 15) is 0 Å². The van der Waals surface area contributed by atoms with Gasteiger partial charge in [-0.1, -0.05) is 11.6 Å². The zero-order valence-corrected chi connectivity index (χ0v) is 7.28. The molecule has 0 spiro atoms. The van der Waals surface area contributed by atoms with E-state index in [0.717, 1.165) is 10.9 Å². The Kier molecular flexibility index (Phi) is 1.83. The van der Waals surface area contributed by atoms with Crippen molar-refractivity contribution in [3.63, 3.8) is 0 Å². The quantitative estimate of drug-likeness (QED) is 0.504. The Bertz CT molecular complexity index is 439. The summed E-state index contributed by atoms with van der Waals surface area (Å²) in [6, 6.07) is 6.00. The summed E-state index contributed by atoms with van der Waals surface area (Å²) in [7, 11) is 0. The standard InChI is InChI=1S/C9H10N4/c1-6-2-3-8-7(4-6)5-11-9(12-8)13-10/h2-5H,10H2,1H3,(H,11,12,13). The van der Waals surface area contributed by atoms with Crippen molar-refractivity contribution < 1.29 is 0 Å². The molecule has 1 aromatic carbocycles. The smallest absolute Gasteiger partial charge is 0.237 e. The molecule has 0 radical (unpaired) electrons. The number of hydrogen-bond acceptors (Lipinski definition) is 4. The van der Waals surface area contributed by atoms with E-state index in [2.05, 4.69) is 15.4 Å². The Balaban J connectivity index is 2.66. The number of fused-ring (bicyclic) bond motifs is 1. The SMILES string of the molecule is Cc1ccc2nc(NN)ncc2c1. The molecule has 4 nitrogen and oxygen atoms in total. The Morgan fingerprint density at radius 3 is 3.00 bits per heavy atom. The first-order valence-electron chi connectivity index (χ1n) is 3.99. The van der Waals surface area contributed by atoms with Gasteiger partial charge in [0.1, 0.15) is 0 Å². The zero-order valence-electron chi connectivity index (χ0n) is 7.28. The number of benzene rings is 1. The number of anilines is 1. The predicted molar refractivity (Wildman–Crippen MR) is 52.1 cm³/mol. The molecule has 13 heavy (non-hydrogen) atoms. The number of aryl methyl sites for hydroxylation is 1. The number of rotatable bonds is 1. The highest BCUT2D eigenvalue weighted by Gasteiger charge is 1.97. The largest absolute Gasteiger partial charge is 0.292 e. The molecule has 1 aromatic heterocycles. The van der Waals surface area contributed by atoms with E-state index >= 15 is 0 Å². The maximum absolute atomic E-state index is 5.20. The molecule has 1 heterocycles. The molecule has 2 aromatic rings. The van der Waals surface area contributed by atoms with Gasteiger partial charge < -0.3 is 0 Å². The van der Waals surface area contributed by atoms with Crippen molar-refractivity contribution in [3.05, 3.63) is 30.0 Å². The molecular formula is C9H10N4. The van der Waals surface area contributed by atoms with Crippen molar-refractivity contribution in [1.82, 2.24) is 9.97 Å². The second-order valence-corrected chi connectivity index (χ2v) is 2.90. The first kappa shape index (κ1) is 7.94. The molecule has 0 amide bonds. The second kappa shape index (κ2) is 2.99. The third-order valence-electron chi connectivity index (χ3n) is 1.86. The van der Waals surface area contributed by atoms with Gasteiger partial charge in [-0.05, 0) is 19.1 Å². The third-order valence-corrected chi connectivity index (χ3v) is 1.86. The Morgan fingerprint density at radius 2 is 2.23 bits per heavy atom. The van der Waals surface area contributed by atoms with Crippen LogP contribution < -0.4 is 11.3 Å². The molecule has 4 heteroatoms. The van der Waals surface area contributed by atoms with E-state index in [-0.39, 0.29) is 0 Å². The van der Waals surface area contributed by atoms with E-state index in [4.69, 9.17) is 5.84 Å². The Labute approximate surface area is 75.8 Å². The van der Waals surface area contributed by atoms with Gasteiger partial charge in [0.05, 0.1) is 5.52 Å². The fourth-order valence-electron chi connectivity index (χ4n) is 1.22. The lowest BCUT2D eigenvalue weighted by atomic mass is 10.2. The summed E-state index contributed by atoms with van der Waals surface area (Å²) < 4.78 is 0. The summed E-state index contributed by atoms with van der Waals surface area (Å²) in [4.78, 5) is 8.21. The molecule has 0 bridgehead atoms. The fourth-order valence-corrected chi connectivity index (χ4v) is 1.22. The normalized spacial score (nSPS) is 10.3. The van der Waals surface area contributed by atoms with Gasteiger partial charge in [0.2, 0.25) is 5.95 Å². The average molecular weight is 174 g/mol. The molecule has 0 aliphatic heterocycles. The van der Waals surface area contributed by atoms with E-state index in [1.807, 2.05) is 25.1 Å². The van der Waals surface area contributed by atoms with E-state index in [0.29, 0.717) is 5.95 Å². The van der Waals surface area contributed by atoms with Crippen LogP contribution in [0.25, 0.3) is 10.9 Å². The van der Waals surface area contributed by atoms with Crippen molar-refractivity contribution in [2.24, 2.45) is 5.84 Å². The highest BCUT2D eigenvalue weighted by molar-refractivity contribution is 5.79. The monoisotopic (exact) mass is 174 g/mol. The minimum absolute atomic E-state index is 0.441. The van der Waals surface area contributed by atoms with Gasteiger partial charge in [-0.25, -0.2) is 15.8 Å². The van der Waals surface area contributed by atoms with Gasteiger partial charge in [-0.3, -0.25) is 5.43 Å². The second-order valence-electron chi connectivity index (χ2n) is 2.90. The molecule has 0 aliphatic carbocycles. The van der Waals surface area contributed by atoms with Crippen molar-refractivity contribution in [1.29, 1.82) is 0 Å². The van der Waals surface area contributed by atoms with Crippen LogP contribution >= 0.6 is 0 Å². The molecular weight excluding hydrogens is 164 g/mol. The third kappa shape index (κ3) is 1.43. The molecule has 66 valence electrons. The molecule has 0 unspecified atom stereocenters. The molecule has 0 atom stereocenters. The predicted octanol–water partition coefficient (Wildman–Crippen LogP) is 1.22. The maximum atomic E-state index is 5.20. The van der Waals surface area contributed by atoms with Gasteiger partial charge in [0.25, 0.3) is 0 Å². The van der Waals surface area contributed by atoms with Crippen molar-refractivity contribution in [2.75, 3.05) is 5.43 Å². The lowest BCUT2D eigenvalue weighted by Crippen LogP contribution is -2.10. The van der Waals surface area contributed by atoms with Gasteiger partial charge >= 0.3 is 0 Å². The summed E-state index contributed by atoms with van der Waals surface area (Å²) >= 11 is 0. The summed E-state index contributed by atoms with van der Waals surface area (Å²) in [5.41, 5.74) is 4.51. The van der Waals surface area contributed by atoms with Crippen LogP contribution in [0.3, 0.4) is 0 Å². The number of aromatic nitrogens is 2. The number of hydrogen-bond donors (Lipinski definition) is 2. The molecule has 2 rings (SSSR count). The molecule has 3 N–H and O–H groups in total. The van der Waals surface area contributed by atoms with Crippen LogP contribution in [0.15, 0.2) is 24.4 Å². The van der Waals surface area contributed by atoms with Gasteiger partial charge in [0, 0.05) is 11.6 Å². The summed E-state index contributed by atoms with van der Waals surface area (Å²) in [5.74, 6) is 5.64. The molecule has 0 saturated heterocycles. The van der Waals surface area contributed by atoms with Gasteiger partial charge in [-0.2, -0.15) is 0 Å². The minimum atomic E-state index is 0.441. The van der Waals surface area contributed by atoms with Crippen LogP contribution in [-0.2, 0) is 0 Å². The molecule has 0 aliphatic rings. The Morgan fingerprint density at radius 1 is 1.38 bits per heavy atom. The minimum Gasteiger partial charge on any atom is -0.292 e. The van der Waals surface area contributed by atoms with Crippen LogP contribution in [0.4, 0.5) is 5.95 Å². The fraction of sp³-hybridized carbons (Fsp3) is 0.111. The number of nitrogens with zero attached hydrogens (tertiary/aromatic N) is 2. The lowest BCUT2D eigenvalue weighted by molar-refractivity contribution is 1.15. The highest BCUT2D eigenvalue weighted by atomic mass is 15.3. The van der Waals surface area contributed by atoms with Crippen LogP contribution in [0.5, 0.6) is 0 Å². The van der Waals surface area contributed by atoms with E-state index in [1.54, 1.807) is 6.20 Å². The van der Waals surface area contributed by atoms with E-state index in [1.165, 1.54) is 5.56 Å². The van der Waals surface area contributed by atoms with Crippen LogP contribution in [0, 0.1) is 6.92 Å². The number of nitrogens with one attached hydrogen (secondary N) is 1. The summed E-state index contributed by atoms with van der Waals surface area (Å²) in [6.07, 6.45) is 1.75. The van der Waals surface area contributed by atoms with Crippen LogP contribution in [0.2, 0.25) is 0 Å². The molecule has 0 fully saturated rings. The highest BCUT2D eigenvalue weighted by Crippen LogP contribution is 2.13. The van der Waals surface area contributed by atoms with Crippen LogP contribution in [-0.4, -0.2) is 9.97 Å². The zero-order chi connectivity index (χ0) is 9.26.